The zero-order valence-electron chi connectivity index (χ0n) is 12.0. The van der Waals surface area contributed by atoms with E-state index >= 15 is 0 Å². The van der Waals surface area contributed by atoms with Gasteiger partial charge in [0.1, 0.15) is 23.7 Å². The Morgan fingerprint density at radius 2 is 2.00 bits per heavy atom. The summed E-state index contributed by atoms with van der Waals surface area (Å²) in [6.45, 7) is 3.37. The molecule has 21 heavy (non-hydrogen) atoms. The van der Waals surface area contributed by atoms with Crippen LogP contribution in [0.4, 0.5) is 8.78 Å². The average molecular weight is 296 g/mol. The summed E-state index contributed by atoms with van der Waals surface area (Å²) in [6.07, 6.45) is 1.20. The fourth-order valence-corrected chi connectivity index (χ4v) is 2.51. The molecule has 6 heteroatoms. The Bertz CT molecular complexity index is 563. The van der Waals surface area contributed by atoms with Gasteiger partial charge in [0.25, 0.3) is 0 Å². The standard InChI is InChI=1S/C15H18F2N2O2/c1-3-4-13-14(20)18-9(2)15(21)19(13)8-10-7-11(16)5-6-12(10)17/h5-7,9,13H,3-4,8H2,1-2H3,(H,18,20). The fraction of sp³-hybridized carbons (Fsp3) is 0.467. The Labute approximate surface area is 122 Å². The van der Waals surface area contributed by atoms with Crippen LogP contribution in [-0.2, 0) is 16.1 Å². The van der Waals surface area contributed by atoms with Crippen molar-refractivity contribution in [2.24, 2.45) is 0 Å². The normalized spacial score (nSPS) is 22.4. The van der Waals surface area contributed by atoms with Crippen molar-refractivity contribution in [3.8, 4) is 0 Å². The van der Waals surface area contributed by atoms with Crippen molar-refractivity contribution >= 4 is 11.8 Å². The van der Waals surface area contributed by atoms with Gasteiger partial charge in [-0.15, -0.1) is 0 Å². The Morgan fingerprint density at radius 3 is 2.67 bits per heavy atom. The average Bonchev–Trinajstić information content (AvgIpc) is 2.43. The molecule has 0 saturated carbocycles. The number of carbonyl (C=O) groups is 2. The molecule has 2 amide bonds. The van der Waals surface area contributed by atoms with Gasteiger partial charge in [0.2, 0.25) is 11.8 Å². The van der Waals surface area contributed by atoms with Crippen LogP contribution in [0.15, 0.2) is 18.2 Å². The first-order valence-corrected chi connectivity index (χ1v) is 6.98. The first-order valence-electron chi connectivity index (χ1n) is 6.98. The van der Waals surface area contributed by atoms with Crippen molar-refractivity contribution in [2.75, 3.05) is 0 Å². The maximum Gasteiger partial charge on any atom is 0.245 e. The topological polar surface area (TPSA) is 49.4 Å². The number of halogens is 2. The quantitative estimate of drug-likeness (QED) is 0.923. The minimum absolute atomic E-state index is 0.0753. The first kappa shape index (κ1) is 15.4. The van der Waals surface area contributed by atoms with Gasteiger partial charge in [-0.2, -0.15) is 0 Å². The van der Waals surface area contributed by atoms with Crippen LogP contribution >= 0.6 is 0 Å². The van der Waals surface area contributed by atoms with Crippen LogP contribution in [0.25, 0.3) is 0 Å². The number of amides is 2. The summed E-state index contributed by atoms with van der Waals surface area (Å²) in [5, 5.41) is 2.61. The molecule has 0 aliphatic carbocycles. The van der Waals surface area contributed by atoms with Crippen molar-refractivity contribution in [3.05, 3.63) is 35.4 Å². The smallest absolute Gasteiger partial charge is 0.245 e. The summed E-state index contributed by atoms with van der Waals surface area (Å²) in [5.74, 6) is -1.68. The van der Waals surface area contributed by atoms with E-state index in [1.807, 2.05) is 6.92 Å². The molecule has 1 saturated heterocycles. The molecule has 0 bridgehead atoms. The Hall–Kier alpha value is -1.98. The molecule has 1 N–H and O–H groups in total. The van der Waals surface area contributed by atoms with Gasteiger partial charge in [-0.1, -0.05) is 13.3 Å². The van der Waals surface area contributed by atoms with E-state index in [0.29, 0.717) is 12.8 Å². The van der Waals surface area contributed by atoms with E-state index in [0.717, 1.165) is 18.2 Å². The van der Waals surface area contributed by atoms with Gasteiger partial charge in [-0.3, -0.25) is 9.59 Å². The van der Waals surface area contributed by atoms with Crippen LogP contribution in [-0.4, -0.2) is 28.8 Å². The lowest BCUT2D eigenvalue weighted by Crippen LogP contribution is -2.61. The highest BCUT2D eigenvalue weighted by molar-refractivity contribution is 5.96. The molecule has 2 rings (SSSR count). The minimum Gasteiger partial charge on any atom is -0.343 e. The molecule has 1 aromatic carbocycles. The predicted molar refractivity (Wildman–Crippen MR) is 73.2 cm³/mol. The van der Waals surface area contributed by atoms with Crippen molar-refractivity contribution in [2.45, 2.75) is 45.3 Å². The van der Waals surface area contributed by atoms with Crippen LogP contribution < -0.4 is 5.32 Å². The van der Waals surface area contributed by atoms with Crippen molar-refractivity contribution in [1.82, 2.24) is 10.2 Å². The monoisotopic (exact) mass is 296 g/mol. The summed E-state index contributed by atoms with van der Waals surface area (Å²) in [7, 11) is 0. The third kappa shape index (κ3) is 3.20. The van der Waals surface area contributed by atoms with Crippen LogP contribution in [0, 0.1) is 11.6 Å². The number of rotatable bonds is 4. The largest absolute Gasteiger partial charge is 0.343 e. The number of nitrogens with zero attached hydrogens (tertiary/aromatic N) is 1. The number of benzene rings is 1. The second-order valence-corrected chi connectivity index (χ2v) is 5.24. The fourth-order valence-electron chi connectivity index (χ4n) is 2.51. The Kier molecular flexibility index (Phi) is 4.55. The molecule has 1 aromatic rings. The molecule has 1 heterocycles. The van der Waals surface area contributed by atoms with E-state index in [-0.39, 0.29) is 23.9 Å². The lowest BCUT2D eigenvalue weighted by molar-refractivity contribution is -0.149. The van der Waals surface area contributed by atoms with Gasteiger partial charge in [-0.25, -0.2) is 8.78 Å². The van der Waals surface area contributed by atoms with E-state index in [1.54, 1.807) is 6.92 Å². The summed E-state index contributed by atoms with van der Waals surface area (Å²) in [5.41, 5.74) is 0.0753. The van der Waals surface area contributed by atoms with Crippen LogP contribution in [0.1, 0.15) is 32.3 Å². The summed E-state index contributed by atoms with van der Waals surface area (Å²) in [6, 6.07) is 1.82. The molecule has 0 radical (unpaired) electrons. The molecule has 1 aliphatic heterocycles. The van der Waals surface area contributed by atoms with Gasteiger partial charge < -0.3 is 10.2 Å². The van der Waals surface area contributed by atoms with E-state index in [2.05, 4.69) is 5.32 Å². The highest BCUT2D eigenvalue weighted by Crippen LogP contribution is 2.20. The van der Waals surface area contributed by atoms with E-state index in [4.69, 9.17) is 0 Å². The highest BCUT2D eigenvalue weighted by atomic mass is 19.1. The second-order valence-electron chi connectivity index (χ2n) is 5.24. The zero-order valence-corrected chi connectivity index (χ0v) is 12.0. The number of hydrogen-bond donors (Lipinski definition) is 1. The Balaban J connectivity index is 2.30. The third-order valence-electron chi connectivity index (χ3n) is 3.60. The van der Waals surface area contributed by atoms with Gasteiger partial charge in [0, 0.05) is 12.1 Å². The molecular weight excluding hydrogens is 278 g/mol. The van der Waals surface area contributed by atoms with Crippen LogP contribution in [0.3, 0.4) is 0 Å². The third-order valence-corrected chi connectivity index (χ3v) is 3.60. The molecule has 2 atom stereocenters. The SMILES string of the molecule is CCCC1C(=O)NC(C)C(=O)N1Cc1cc(F)ccc1F. The minimum atomic E-state index is -0.651. The van der Waals surface area contributed by atoms with Crippen LogP contribution in [0.5, 0.6) is 0 Å². The van der Waals surface area contributed by atoms with Crippen molar-refractivity contribution in [3.63, 3.8) is 0 Å². The van der Waals surface area contributed by atoms with Crippen molar-refractivity contribution in [1.29, 1.82) is 0 Å². The maximum absolute atomic E-state index is 13.8. The van der Waals surface area contributed by atoms with E-state index in [1.165, 1.54) is 4.90 Å². The summed E-state index contributed by atoms with van der Waals surface area (Å²) < 4.78 is 27.0. The van der Waals surface area contributed by atoms with E-state index in [9.17, 15) is 18.4 Å². The number of nitrogens with one attached hydrogen (secondary N) is 1. The number of hydrogen-bond acceptors (Lipinski definition) is 2. The number of carbonyl (C=O) groups excluding carboxylic acids is 2. The lowest BCUT2D eigenvalue weighted by atomic mass is 10.0. The number of piperazine rings is 1. The predicted octanol–water partition coefficient (Wildman–Crippen LogP) is 1.98. The molecule has 0 aromatic heterocycles. The van der Waals surface area contributed by atoms with Gasteiger partial charge in [-0.05, 0) is 31.5 Å². The zero-order chi connectivity index (χ0) is 15.6. The van der Waals surface area contributed by atoms with Gasteiger partial charge in [0.05, 0.1) is 0 Å². The van der Waals surface area contributed by atoms with E-state index < -0.39 is 23.7 Å². The summed E-state index contributed by atoms with van der Waals surface area (Å²) in [4.78, 5) is 25.6. The van der Waals surface area contributed by atoms with Crippen molar-refractivity contribution < 1.29 is 18.4 Å². The van der Waals surface area contributed by atoms with Gasteiger partial charge in [0.15, 0.2) is 0 Å². The van der Waals surface area contributed by atoms with Gasteiger partial charge >= 0.3 is 0 Å². The molecule has 114 valence electrons. The first-order chi connectivity index (χ1) is 9.93. The Morgan fingerprint density at radius 1 is 1.29 bits per heavy atom. The molecule has 1 aliphatic rings. The molecule has 2 unspecified atom stereocenters. The molecule has 1 fully saturated rings. The summed E-state index contributed by atoms with van der Waals surface area (Å²) >= 11 is 0. The maximum atomic E-state index is 13.8. The van der Waals surface area contributed by atoms with Crippen LogP contribution in [0.2, 0.25) is 0 Å². The lowest BCUT2D eigenvalue weighted by Gasteiger charge is -2.38. The highest BCUT2D eigenvalue weighted by Gasteiger charge is 2.38. The second kappa shape index (κ2) is 6.20. The molecular formula is C15H18F2N2O2. The molecule has 4 nitrogen and oxygen atoms in total. The molecule has 0 spiro atoms.